The molecule has 8 nitrogen and oxygen atoms in total. The van der Waals surface area contributed by atoms with Gasteiger partial charge in [-0.15, -0.1) is 0 Å². The zero-order valence-corrected chi connectivity index (χ0v) is 9.07. The van der Waals surface area contributed by atoms with E-state index in [9.17, 15) is 10.1 Å². The van der Waals surface area contributed by atoms with Crippen LogP contribution in [-0.2, 0) is 0 Å². The smallest absolute Gasteiger partial charge is 0.307 e. The normalized spacial score (nSPS) is 10.9. The van der Waals surface area contributed by atoms with E-state index in [0.29, 0.717) is 16.9 Å². The number of fused-ring (bicyclic) bond motifs is 1. The molecule has 0 aliphatic carbocycles. The van der Waals surface area contributed by atoms with Crippen LogP contribution >= 0.6 is 0 Å². The van der Waals surface area contributed by atoms with Crippen LogP contribution in [0.3, 0.4) is 0 Å². The predicted molar refractivity (Wildman–Crippen MR) is 64.3 cm³/mol. The molecule has 1 aromatic carbocycles. The van der Waals surface area contributed by atoms with Crippen molar-refractivity contribution in [2.24, 2.45) is 0 Å². The Morgan fingerprint density at radius 1 is 1.44 bits per heavy atom. The molecule has 0 amide bonds. The van der Waals surface area contributed by atoms with Crippen LogP contribution in [-0.4, -0.2) is 24.9 Å². The van der Waals surface area contributed by atoms with Crippen molar-refractivity contribution >= 4 is 22.4 Å². The number of nitro groups is 1. The van der Waals surface area contributed by atoms with Crippen LogP contribution in [0.4, 0.5) is 11.5 Å². The van der Waals surface area contributed by atoms with Gasteiger partial charge in [-0.05, 0) is 12.1 Å². The van der Waals surface area contributed by atoms with Crippen LogP contribution in [0.5, 0.6) is 0 Å². The van der Waals surface area contributed by atoms with Gasteiger partial charge in [0.2, 0.25) is 0 Å². The highest BCUT2D eigenvalue weighted by Crippen LogP contribution is 2.26. The SMILES string of the molecule is Nc1n[nH]c2cccc(-n3cc([N+](=O)[O-])cn3)c12. The second-order valence-corrected chi connectivity index (χ2v) is 3.71. The fourth-order valence-corrected chi connectivity index (χ4v) is 1.81. The molecule has 18 heavy (non-hydrogen) atoms. The molecule has 0 fully saturated rings. The van der Waals surface area contributed by atoms with Gasteiger partial charge in [-0.2, -0.15) is 10.2 Å². The molecule has 0 bridgehead atoms. The highest BCUT2D eigenvalue weighted by atomic mass is 16.6. The number of H-pyrrole nitrogens is 1. The molecule has 3 aromatic rings. The molecule has 0 aliphatic heterocycles. The third-order valence-electron chi connectivity index (χ3n) is 2.62. The van der Waals surface area contributed by atoms with E-state index in [1.54, 1.807) is 12.1 Å². The molecule has 0 radical (unpaired) electrons. The summed E-state index contributed by atoms with van der Waals surface area (Å²) in [6, 6.07) is 5.38. The van der Waals surface area contributed by atoms with Crippen LogP contribution < -0.4 is 5.73 Å². The van der Waals surface area contributed by atoms with E-state index in [1.807, 2.05) is 6.07 Å². The van der Waals surface area contributed by atoms with E-state index in [2.05, 4.69) is 15.3 Å². The van der Waals surface area contributed by atoms with Crippen LogP contribution in [0.1, 0.15) is 0 Å². The Labute approximate surface area is 100 Å². The Kier molecular flexibility index (Phi) is 2.03. The first kappa shape index (κ1) is 10.3. The van der Waals surface area contributed by atoms with Gasteiger partial charge in [-0.1, -0.05) is 6.07 Å². The number of anilines is 1. The summed E-state index contributed by atoms with van der Waals surface area (Å²) in [4.78, 5) is 10.1. The Bertz CT molecular complexity index is 744. The van der Waals surface area contributed by atoms with Crippen molar-refractivity contribution in [2.45, 2.75) is 0 Å². The van der Waals surface area contributed by atoms with Crippen molar-refractivity contribution in [2.75, 3.05) is 5.73 Å². The molecule has 3 rings (SSSR count). The molecule has 0 unspecified atom stereocenters. The lowest BCUT2D eigenvalue weighted by molar-refractivity contribution is -0.384. The van der Waals surface area contributed by atoms with E-state index in [-0.39, 0.29) is 5.69 Å². The van der Waals surface area contributed by atoms with Crippen LogP contribution in [0.25, 0.3) is 16.6 Å². The first-order valence-electron chi connectivity index (χ1n) is 5.09. The van der Waals surface area contributed by atoms with Crippen molar-refractivity contribution in [3.8, 4) is 5.69 Å². The number of benzene rings is 1. The third kappa shape index (κ3) is 1.39. The molecule has 0 spiro atoms. The summed E-state index contributed by atoms with van der Waals surface area (Å²) in [5.74, 6) is 0.332. The van der Waals surface area contributed by atoms with Crippen molar-refractivity contribution in [3.05, 3.63) is 40.7 Å². The lowest BCUT2D eigenvalue weighted by Crippen LogP contribution is -1.96. The van der Waals surface area contributed by atoms with Gasteiger partial charge in [0.15, 0.2) is 5.82 Å². The number of nitrogens with one attached hydrogen (secondary N) is 1. The molecule has 2 aromatic heterocycles. The van der Waals surface area contributed by atoms with Crippen LogP contribution in [0.2, 0.25) is 0 Å². The molecule has 90 valence electrons. The number of hydrogen-bond donors (Lipinski definition) is 2. The largest absolute Gasteiger partial charge is 0.382 e. The molecule has 0 aliphatic rings. The minimum atomic E-state index is -0.498. The topological polar surface area (TPSA) is 116 Å². The summed E-state index contributed by atoms with van der Waals surface area (Å²) in [7, 11) is 0. The fourth-order valence-electron chi connectivity index (χ4n) is 1.81. The summed E-state index contributed by atoms with van der Waals surface area (Å²) in [5.41, 5.74) is 7.09. The Hall–Kier alpha value is -2.90. The minimum Gasteiger partial charge on any atom is -0.382 e. The highest BCUT2D eigenvalue weighted by molar-refractivity contribution is 5.95. The molecule has 0 saturated carbocycles. The number of nitrogen functional groups attached to an aromatic ring is 1. The van der Waals surface area contributed by atoms with Gasteiger partial charge in [0.25, 0.3) is 0 Å². The fraction of sp³-hybridized carbons (Fsp3) is 0. The van der Waals surface area contributed by atoms with Crippen molar-refractivity contribution in [1.82, 2.24) is 20.0 Å². The minimum absolute atomic E-state index is 0.0749. The number of hydrogen-bond acceptors (Lipinski definition) is 5. The van der Waals surface area contributed by atoms with E-state index >= 15 is 0 Å². The molecule has 8 heteroatoms. The molecular formula is C10H8N6O2. The van der Waals surface area contributed by atoms with E-state index in [1.165, 1.54) is 17.1 Å². The average Bonchev–Trinajstić information content (AvgIpc) is 2.96. The zero-order valence-electron chi connectivity index (χ0n) is 9.07. The third-order valence-corrected chi connectivity index (χ3v) is 2.62. The summed E-state index contributed by atoms with van der Waals surface area (Å²) in [5, 5.41) is 22.0. The van der Waals surface area contributed by atoms with Gasteiger partial charge in [-0.3, -0.25) is 15.2 Å². The second kappa shape index (κ2) is 3.55. The first-order valence-corrected chi connectivity index (χ1v) is 5.09. The summed E-state index contributed by atoms with van der Waals surface area (Å²) in [6.45, 7) is 0. The quantitative estimate of drug-likeness (QED) is 0.519. The molecular weight excluding hydrogens is 236 g/mol. The van der Waals surface area contributed by atoms with Gasteiger partial charge in [0, 0.05) is 0 Å². The number of rotatable bonds is 2. The first-order chi connectivity index (χ1) is 8.66. The number of aromatic nitrogens is 4. The lowest BCUT2D eigenvalue weighted by atomic mass is 10.2. The summed E-state index contributed by atoms with van der Waals surface area (Å²) < 4.78 is 1.41. The summed E-state index contributed by atoms with van der Waals surface area (Å²) in [6.07, 6.45) is 2.52. The Morgan fingerprint density at radius 3 is 3.00 bits per heavy atom. The van der Waals surface area contributed by atoms with E-state index < -0.39 is 4.92 Å². The number of nitrogens with two attached hydrogens (primary N) is 1. The predicted octanol–water partition coefficient (Wildman–Crippen LogP) is 1.24. The standard InChI is InChI=1S/C10H8N6O2/c11-10-9-7(13-14-10)2-1-3-8(9)15-5-6(4-12-15)16(17)18/h1-5H,(H3,11,13,14). The van der Waals surface area contributed by atoms with Crippen LogP contribution in [0.15, 0.2) is 30.6 Å². The molecule has 0 atom stereocenters. The molecule has 3 N–H and O–H groups in total. The van der Waals surface area contributed by atoms with Crippen molar-refractivity contribution in [1.29, 1.82) is 0 Å². The van der Waals surface area contributed by atoms with E-state index in [0.717, 1.165) is 5.52 Å². The molecule has 2 heterocycles. The van der Waals surface area contributed by atoms with Crippen molar-refractivity contribution in [3.63, 3.8) is 0 Å². The van der Waals surface area contributed by atoms with Gasteiger partial charge in [0.05, 0.1) is 21.5 Å². The highest BCUT2D eigenvalue weighted by Gasteiger charge is 2.14. The maximum atomic E-state index is 10.6. The maximum absolute atomic E-state index is 10.6. The maximum Gasteiger partial charge on any atom is 0.307 e. The van der Waals surface area contributed by atoms with Gasteiger partial charge in [0.1, 0.15) is 12.4 Å². The van der Waals surface area contributed by atoms with Gasteiger partial charge >= 0.3 is 5.69 Å². The zero-order chi connectivity index (χ0) is 12.7. The van der Waals surface area contributed by atoms with Crippen molar-refractivity contribution < 1.29 is 4.92 Å². The average molecular weight is 244 g/mol. The number of nitrogens with zero attached hydrogens (tertiary/aromatic N) is 4. The number of aromatic amines is 1. The Morgan fingerprint density at radius 2 is 2.28 bits per heavy atom. The Balaban J connectivity index is 2.24. The van der Waals surface area contributed by atoms with Gasteiger partial charge < -0.3 is 5.73 Å². The van der Waals surface area contributed by atoms with Gasteiger partial charge in [-0.25, -0.2) is 4.68 Å². The second-order valence-electron chi connectivity index (χ2n) is 3.71. The monoisotopic (exact) mass is 244 g/mol. The molecule has 0 saturated heterocycles. The lowest BCUT2D eigenvalue weighted by Gasteiger charge is -2.02. The van der Waals surface area contributed by atoms with Crippen LogP contribution in [0, 0.1) is 10.1 Å². The van der Waals surface area contributed by atoms with E-state index in [4.69, 9.17) is 5.73 Å². The summed E-state index contributed by atoms with van der Waals surface area (Å²) >= 11 is 0.